The molecule has 2 rings (SSSR count). The molecule has 0 unspecified atom stereocenters. The van der Waals surface area contributed by atoms with E-state index in [4.69, 9.17) is 9.84 Å². The van der Waals surface area contributed by atoms with Gasteiger partial charge < -0.3 is 15.2 Å². The zero-order chi connectivity index (χ0) is 25.3. The number of sulfonamides is 1. The molecule has 0 radical (unpaired) electrons. The average Bonchev–Trinajstić information content (AvgIpc) is 2.76. The number of nitrogens with one attached hydrogen (secondary N) is 1. The van der Waals surface area contributed by atoms with Gasteiger partial charge in [0.1, 0.15) is 18.2 Å². The lowest BCUT2D eigenvalue weighted by Crippen LogP contribution is -2.41. The Balaban J connectivity index is 2.03. The summed E-state index contributed by atoms with van der Waals surface area (Å²) in [6, 6.07) is 13.5. The molecular weight excluding hydrogens is 479 g/mol. The molecule has 0 spiro atoms. The van der Waals surface area contributed by atoms with E-state index in [0.29, 0.717) is 5.75 Å². The van der Waals surface area contributed by atoms with Crippen molar-refractivity contribution in [2.45, 2.75) is 56.2 Å². The van der Waals surface area contributed by atoms with Gasteiger partial charge in [0.15, 0.2) is 0 Å². The van der Waals surface area contributed by atoms with E-state index in [9.17, 15) is 17.6 Å². The highest BCUT2D eigenvalue weighted by molar-refractivity contribution is 7.99. The summed E-state index contributed by atoms with van der Waals surface area (Å²) in [5.41, 5.74) is 0.796. The molecule has 0 saturated carbocycles. The number of halogens is 1. The van der Waals surface area contributed by atoms with Crippen molar-refractivity contribution in [1.82, 2.24) is 9.62 Å². The highest BCUT2D eigenvalue weighted by Gasteiger charge is 2.29. The SMILES string of the molecule is CC(C)N(C(C)C)S(=O)(=O)c1ccc(COc2ccccc2SCC(F)=CCNC(=O)O)cc1. The van der Waals surface area contributed by atoms with E-state index in [1.54, 1.807) is 30.3 Å². The number of amides is 1. The van der Waals surface area contributed by atoms with E-state index >= 15 is 0 Å². The van der Waals surface area contributed by atoms with Gasteiger partial charge in [-0.25, -0.2) is 17.6 Å². The first-order valence-corrected chi connectivity index (χ1v) is 13.2. The van der Waals surface area contributed by atoms with Gasteiger partial charge in [0.25, 0.3) is 0 Å². The minimum atomic E-state index is -3.61. The summed E-state index contributed by atoms with van der Waals surface area (Å²) in [5.74, 6) is 0.171. The first kappa shape index (κ1) is 27.7. The van der Waals surface area contributed by atoms with Crippen LogP contribution < -0.4 is 10.1 Å². The maximum absolute atomic E-state index is 13.9. The lowest BCUT2D eigenvalue weighted by molar-refractivity contribution is 0.195. The van der Waals surface area contributed by atoms with Crippen LogP contribution in [-0.4, -0.2) is 48.3 Å². The molecule has 0 bridgehead atoms. The van der Waals surface area contributed by atoms with Gasteiger partial charge >= 0.3 is 6.09 Å². The number of carboxylic acid groups (broad SMARTS) is 1. The fourth-order valence-electron chi connectivity index (χ4n) is 3.34. The van der Waals surface area contributed by atoms with Crippen molar-refractivity contribution in [3.05, 3.63) is 66.0 Å². The molecule has 0 saturated heterocycles. The minimum Gasteiger partial charge on any atom is -0.488 e. The smallest absolute Gasteiger partial charge is 0.404 e. The first-order chi connectivity index (χ1) is 16.0. The van der Waals surface area contributed by atoms with Gasteiger partial charge in [0.05, 0.1) is 4.90 Å². The predicted octanol–water partition coefficient (Wildman–Crippen LogP) is 5.29. The van der Waals surface area contributed by atoms with Crippen LogP contribution in [0.1, 0.15) is 33.3 Å². The molecule has 0 aromatic heterocycles. The molecule has 186 valence electrons. The molecule has 0 heterocycles. The Morgan fingerprint density at radius 2 is 1.74 bits per heavy atom. The maximum Gasteiger partial charge on any atom is 0.404 e. The fourth-order valence-corrected chi connectivity index (χ4v) is 6.02. The first-order valence-electron chi connectivity index (χ1n) is 10.8. The summed E-state index contributed by atoms with van der Waals surface area (Å²) in [6.07, 6.45) is -0.0295. The van der Waals surface area contributed by atoms with Crippen molar-refractivity contribution in [3.63, 3.8) is 0 Å². The van der Waals surface area contributed by atoms with Crippen LogP contribution in [-0.2, 0) is 16.6 Å². The van der Waals surface area contributed by atoms with E-state index in [-0.39, 0.29) is 35.9 Å². The van der Waals surface area contributed by atoms with Crippen LogP contribution in [0.5, 0.6) is 5.75 Å². The van der Waals surface area contributed by atoms with Crippen LogP contribution in [0.2, 0.25) is 0 Å². The van der Waals surface area contributed by atoms with Gasteiger partial charge in [-0.2, -0.15) is 4.31 Å². The van der Waals surface area contributed by atoms with E-state index in [1.165, 1.54) is 22.1 Å². The highest BCUT2D eigenvalue weighted by atomic mass is 32.2. The number of nitrogens with zero attached hydrogens (tertiary/aromatic N) is 1. The van der Waals surface area contributed by atoms with Gasteiger partial charge in [-0.3, -0.25) is 0 Å². The van der Waals surface area contributed by atoms with Crippen LogP contribution in [0.15, 0.2) is 70.2 Å². The third-order valence-corrected chi connectivity index (χ3v) is 8.04. The molecule has 2 aromatic carbocycles. The van der Waals surface area contributed by atoms with E-state index in [1.807, 2.05) is 45.9 Å². The van der Waals surface area contributed by atoms with Crippen LogP contribution in [0.25, 0.3) is 0 Å². The lowest BCUT2D eigenvalue weighted by Gasteiger charge is -2.29. The molecule has 0 atom stereocenters. The molecule has 0 aliphatic carbocycles. The van der Waals surface area contributed by atoms with Crippen molar-refractivity contribution in [2.75, 3.05) is 12.3 Å². The van der Waals surface area contributed by atoms with E-state index < -0.39 is 21.9 Å². The molecule has 7 nitrogen and oxygen atoms in total. The van der Waals surface area contributed by atoms with Gasteiger partial charge in [0.2, 0.25) is 10.0 Å². The normalized spacial score (nSPS) is 12.4. The number of rotatable bonds is 12. The average molecular weight is 511 g/mol. The molecule has 0 fully saturated rings. The third-order valence-electron chi connectivity index (χ3n) is 4.70. The maximum atomic E-state index is 13.9. The Labute approximate surface area is 205 Å². The molecule has 2 N–H and O–H groups in total. The standard InChI is InChI=1S/C24H31FN2O5S2/c1-17(2)27(18(3)4)34(30,31)21-11-9-19(10-12-21)15-32-22-7-5-6-8-23(22)33-16-20(25)13-14-26-24(28)29/h5-13,17-18,26H,14-16H2,1-4H3,(H,28,29). The largest absolute Gasteiger partial charge is 0.488 e. The molecule has 34 heavy (non-hydrogen) atoms. The molecule has 0 aliphatic rings. The fraction of sp³-hybridized carbons (Fsp3) is 0.375. The van der Waals surface area contributed by atoms with Gasteiger partial charge in [0, 0.05) is 29.3 Å². The second-order valence-corrected chi connectivity index (χ2v) is 10.9. The van der Waals surface area contributed by atoms with Gasteiger partial charge in [-0.15, -0.1) is 11.8 Å². The minimum absolute atomic E-state index is 0.0381. The van der Waals surface area contributed by atoms with Crippen molar-refractivity contribution < 1.29 is 27.4 Å². The van der Waals surface area contributed by atoms with Crippen molar-refractivity contribution in [2.24, 2.45) is 0 Å². The summed E-state index contributed by atoms with van der Waals surface area (Å²) >= 11 is 1.24. The number of thioether (sulfide) groups is 1. The van der Waals surface area contributed by atoms with Gasteiger partial charge in [-0.05, 0) is 63.6 Å². The van der Waals surface area contributed by atoms with Crippen LogP contribution in [0, 0.1) is 0 Å². The van der Waals surface area contributed by atoms with E-state index in [0.717, 1.165) is 10.5 Å². The van der Waals surface area contributed by atoms with Gasteiger partial charge in [-0.1, -0.05) is 24.3 Å². The number of benzene rings is 2. The van der Waals surface area contributed by atoms with Crippen molar-refractivity contribution >= 4 is 27.9 Å². The molecule has 10 heteroatoms. The Morgan fingerprint density at radius 1 is 1.12 bits per heavy atom. The number of hydrogen-bond acceptors (Lipinski definition) is 5. The zero-order valence-corrected chi connectivity index (χ0v) is 21.3. The Bertz CT molecular complexity index is 1080. The molecular formula is C24H31FN2O5S2. The zero-order valence-electron chi connectivity index (χ0n) is 19.7. The number of para-hydroxylation sites is 1. The number of hydrogen-bond donors (Lipinski definition) is 2. The topological polar surface area (TPSA) is 95.9 Å². The highest BCUT2D eigenvalue weighted by Crippen LogP contribution is 2.31. The number of carbonyl (C=O) groups is 1. The molecule has 2 aromatic rings. The second kappa shape index (κ2) is 12.8. The summed E-state index contributed by atoms with van der Waals surface area (Å²) < 4.78 is 47.3. The Kier molecular flexibility index (Phi) is 10.4. The van der Waals surface area contributed by atoms with Crippen molar-refractivity contribution in [3.8, 4) is 5.75 Å². The van der Waals surface area contributed by atoms with Crippen LogP contribution >= 0.6 is 11.8 Å². The van der Waals surface area contributed by atoms with Crippen LogP contribution in [0.3, 0.4) is 0 Å². The third kappa shape index (κ3) is 8.03. The number of ether oxygens (including phenoxy) is 1. The lowest BCUT2D eigenvalue weighted by atomic mass is 10.2. The molecule has 1 amide bonds. The quantitative estimate of drug-likeness (QED) is 0.377. The predicted molar refractivity (Wildman–Crippen MR) is 132 cm³/mol. The Morgan fingerprint density at radius 3 is 2.32 bits per heavy atom. The van der Waals surface area contributed by atoms with Crippen LogP contribution in [0.4, 0.5) is 9.18 Å². The Hall–Kier alpha value is -2.56. The second-order valence-electron chi connectivity index (χ2n) is 8.03. The summed E-state index contributed by atoms with van der Waals surface area (Å²) in [5, 5.41) is 10.6. The van der Waals surface area contributed by atoms with E-state index in [2.05, 4.69) is 5.32 Å². The molecule has 0 aliphatic heterocycles. The summed E-state index contributed by atoms with van der Waals surface area (Å²) in [6.45, 7) is 7.52. The van der Waals surface area contributed by atoms with Crippen molar-refractivity contribution in [1.29, 1.82) is 0 Å². The monoisotopic (exact) mass is 510 g/mol. The summed E-state index contributed by atoms with van der Waals surface area (Å²) in [7, 11) is -3.61. The summed E-state index contributed by atoms with van der Waals surface area (Å²) in [4.78, 5) is 11.4.